The molecule has 0 unspecified atom stereocenters. The summed E-state index contributed by atoms with van der Waals surface area (Å²) in [5, 5.41) is 12.1. The Balaban J connectivity index is 2.48. The summed E-state index contributed by atoms with van der Waals surface area (Å²) in [6.07, 6.45) is 0. The standard InChI is InChI=1S/C13H14FN3O/c1-3-15-13-11(14)8(2)16-12(17-13)9-4-6-10(18)7-5-9/h4-7,18H,3H2,1-2H3,(H,15,16,17). The van der Waals surface area contributed by atoms with Crippen LogP contribution in [0, 0.1) is 12.7 Å². The van der Waals surface area contributed by atoms with Gasteiger partial charge in [0.1, 0.15) is 5.75 Å². The number of halogens is 1. The third-order valence-electron chi connectivity index (χ3n) is 2.49. The van der Waals surface area contributed by atoms with E-state index in [1.54, 1.807) is 31.2 Å². The molecule has 2 N–H and O–H groups in total. The molecule has 0 aliphatic heterocycles. The summed E-state index contributed by atoms with van der Waals surface area (Å²) in [4.78, 5) is 8.25. The largest absolute Gasteiger partial charge is 0.508 e. The lowest BCUT2D eigenvalue weighted by Gasteiger charge is -2.08. The number of aryl methyl sites for hydroxylation is 1. The lowest BCUT2D eigenvalue weighted by atomic mass is 10.2. The van der Waals surface area contributed by atoms with Gasteiger partial charge in [0.05, 0.1) is 5.69 Å². The highest BCUT2D eigenvalue weighted by Gasteiger charge is 2.11. The van der Waals surface area contributed by atoms with Crippen LogP contribution in [0.3, 0.4) is 0 Å². The Hall–Kier alpha value is -2.17. The van der Waals surface area contributed by atoms with Crippen molar-refractivity contribution in [1.82, 2.24) is 9.97 Å². The van der Waals surface area contributed by atoms with Crippen molar-refractivity contribution in [3.63, 3.8) is 0 Å². The summed E-state index contributed by atoms with van der Waals surface area (Å²) in [5.74, 6) is 0.377. The number of nitrogens with zero attached hydrogens (tertiary/aromatic N) is 2. The maximum Gasteiger partial charge on any atom is 0.186 e. The van der Waals surface area contributed by atoms with Crippen LogP contribution in [0.1, 0.15) is 12.6 Å². The Morgan fingerprint density at radius 3 is 2.50 bits per heavy atom. The van der Waals surface area contributed by atoms with Crippen LogP contribution >= 0.6 is 0 Å². The zero-order valence-electron chi connectivity index (χ0n) is 10.2. The fourth-order valence-corrected chi connectivity index (χ4v) is 1.58. The minimum absolute atomic E-state index is 0.171. The van der Waals surface area contributed by atoms with Gasteiger partial charge in [-0.25, -0.2) is 14.4 Å². The summed E-state index contributed by atoms with van der Waals surface area (Å²) >= 11 is 0. The molecule has 0 saturated carbocycles. The highest BCUT2D eigenvalue weighted by Crippen LogP contribution is 2.22. The fraction of sp³-hybridized carbons (Fsp3) is 0.231. The molecule has 0 aliphatic carbocycles. The molecule has 0 atom stereocenters. The molecule has 0 fully saturated rings. The van der Waals surface area contributed by atoms with Crippen molar-refractivity contribution in [2.45, 2.75) is 13.8 Å². The topological polar surface area (TPSA) is 58.0 Å². The Morgan fingerprint density at radius 2 is 1.89 bits per heavy atom. The summed E-state index contributed by atoms with van der Waals surface area (Å²) in [5.41, 5.74) is 1.03. The first kappa shape index (κ1) is 12.3. The Kier molecular flexibility index (Phi) is 3.41. The van der Waals surface area contributed by atoms with E-state index < -0.39 is 5.82 Å². The number of aromatic nitrogens is 2. The number of phenols is 1. The number of aromatic hydroxyl groups is 1. The molecule has 0 aliphatic rings. The highest BCUT2D eigenvalue weighted by atomic mass is 19.1. The molecule has 1 aromatic carbocycles. The second-order valence-corrected chi connectivity index (χ2v) is 3.87. The van der Waals surface area contributed by atoms with Crippen molar-refractivity contribution in [2.75, 3.05) is 11.9 Å². The quantitative estimate of drug-likeness (QED) is 0.875. The van der Waals surface area contributed by atoms with Crippen LogP contribution in [-0.2, 0) is 0 Å². The number of phenolic OH excluding ortho intramolecular Hbond substituents is 1. The summed E-state index contributed by atoms with van der Waals surface area (Å²) in [6.45, 7) is 4.06. The molecule has 18 heavy (non-hydrogen) atoms. The summed E-state index contributed by atoms with van der Waals surface area (Å²) in [7, 11) is 0. The zero-order valence-corrected chi connectivity index (χ0v) is 10.2. The van der Waals surface area contributed by atoms with Crippen molar-refractivity contribution in [3.05, 3.63) is 35.8 Å². The molecule has 2 aromatic rings. The first-order valence-electron chi connectivity index (χ1n) is 5.69. The van der Waals surface area contributed by atoms with Crippen LogP contribution in [0.2, 0.25) is 0 Å². The smallest absolute Gasteiger partial charge is 0.186 e. The van der Waals surface area contributed by atoms with E-state index in [2.05, 4.69) is 15.3 Å². The predicted molar refractivity (Wildman–Crippen MR) is 68.0 cm³/mol. The summed E-state index contributed by atoms with van der Waals surface area (Å²) in [6, 6.07) is 6.48. The number of nitrogens with one attached hydrogen (secondary N) is 1. The van der Waals surface area contributed by atoms with Gasteiger partial charge in [0.25, 0.3) is 0 Å². The maximum absolute atomic E-state index is 13.7. The normalized spacial score (nSPS) is 10.4. The van der Waals surface area contributed by atoms with Gasteiger partial charge < -0.3 is 10.4 Å². The minimum atomic E-state index is -0.431. The number of benzene rings is 1. The van der Waals surface area contributed by atoms with Gasteiger partial charge in [-0.3, -0.25) is 0 Å². The van der Waals surface area contributed by atoms with Gasteiger partial charge in [0.2, 0.25) is 0 Å². The van der Waals surface area contributed by atoms with Crippen molar-refractivity contribution in [2.24, 2.45) is 0 Å². The lowest BCUT2D eigenvalue weighted by molar-refractivity contribution is 0.475. The van der Waals surface area contributed by atoms with Crippen LogP contribution in [0.15, 0.2) is 24.3 Å². The molecule has 0 amide bonds. The first-order chi connectivity index (χ1) is 8.61. The number of hydrogen-bond acceptors (Lipinski definition) is 4. The molecule has 0 spiro atoms. The van der Waals surface area contributed by atoms with E-state index >= 15 is 0 Å². The molecule has 2 rings (SSSR count). The van der Waals surface area contributed by atoms with Gasteiger partial charge in [-0.15, -0.1) is 0 Å². The maximum atomic E-state index is 13.7. The average Bonchev–Trinajstić information content (AvgIpc) is 2.36. The zero-order chi connectivity index (χ0) is 13.1. The number of anilines is 1. The van der Waals surface area contributed by atoms with Crippen LogP contribution < -0.4 is 5.32 Å². The predicted octanol–water partition coefficient (Wildman–Crippen LogP) is 2.73. The van der Waals surface area contributed by atoms with Crippen molar-refractivity contribution in [1.29, 1.82) is 0 Å². The minimum Gasteiger partial charge on any atom is -0.508 e. The van der Waals surface area contributed by atoms with Crippen molar-refractivity contribution in [3.8, 4) is 17.1 Å². The molecular weight excluding hydrogens is 233 g/mol. The van der Waals surface area contributed by atoms with E-state index in [9.17, 15) is 9.50 Å². The number of rotatable bonds is 3. The van der Waals surface area contributed by atoms with E-state index in [4.69, 9.17) is 0 Å². The van der Waals surface area contributed by atoms with Crippen molar-refractivity contribution >= 4 is 5.82 Å². The molecule has 4 nitrogen and oxygen atoms in total. The molecule has 1 aromatic heterocycles. The first-order valence-corrected chi connectivity index (χ1v) is 5.69. The van der Waals surface area contributed by atoms with Gasteiger partial charge in [0.15, 0.2) is 17.5 Å². The molecule has 0 bridgehead atoms. The van der Waals surface area contributed by atoms with Crippen LogP contribution in [0.5, 0.6) is 5.75 Å². The molecule has 0 radical (unpaired) electrons. The second-order valence-electron chi connectivity index (χ2n) is 3.87. The molecule has 5 heteroatoms. The van der Waals surface area contributed by atoms with E-state index in [0.29, 0.717) is 18.1 Å². The Bertz CT molecular complexity index is 555. The second kappa shape index (κ2) is 5.00. The number of hydrogen-bond donors (Lipinski definition) is 2. The lowest BCUT2D eigenvalue weighted by Crippen LogP contribution is -2.06. The monoisotopic (exact) mass is 247 g/mol. The molecule has 0 saturated heterocycles. The Morgan fingerprint density at radius 1 is 1.22 bits per heavy atom. The third-order valence-corrected chi connectivity index (χ3v) is 2.49. The van der Waals surface area contributed by atoms with E-state index in [0.717, 1.165) is 5.56 Å². The summed E-state index contributed by atoms with van der Waals surface area (Å²) < 4.78 is 13.7. The molecular formula is C13H14FN3O. The van der Waals surface area contributed by atoms with Crippen LogP contribution in [0.25, 0.3) is 11.4 Å². The fourth-order valence-electron chi connectivity index (χ4n) is 1.58. The van der Waals surface area contributed by atoms with E-state index in [1.807, 2.05) is 6.92 Å². The van der Waals surface area contributed by atoms with Gasteiger partial charge in [-0.1, -0.05) is 0 Å². The van der Waals surface area contributed by atoms with Crippen LogP contribution in [-0.4, -0.2) is 21.6 Å². The highest BCUT2D eigenvalue weighted by molar-refractivity contribution is 5.58. The van der Waals surface area contributed by atoms with Gasteiger partial charge in [-0.05, 0) is 38.1 Å². The SMILES string of the molecule is CCNc1nc(-c2ccc(O)cc2)nc(C)c1F. The van der Waals surface area contributed by atoms with Gasteiger partial charge in [-0.2, -0.15) is 0 Å². The third kappa shape index (κ3) is 2.40. The van der Waals surface area contributed by atoms with Crippen LogP contribution in [0.4, 0.5) is 10.2 Å². The van der Waals surface area contributed by atoms with E-state index in [-0.39, 0.29) is 11.6 Å². The van der Waals surface area contributed by atoms with Crippen molar-refractivity contribution < 1.29 is 9.50 Å². The molecule has 1 heterocycles. The van der Waals surface area contributed by atoms with E-state index in [1.165, 1.54) is 0 Å². The molecule has 94 valence electrons. The van der Waals surface area contributed by atoms with Gasteiger partial charge in [0, 0.05) is 12.1 Å². The van der Waals surface area contributed by atoms with Gasteiger partial charge >= 0.3 is 0 Å². The Labute approximate surface area is 105 Å². The average molecular weight is 247 g/mol.